The SMILES string of the molecule is Cc1cc(C(=O)O)ccc1NC(=O)NCCCCC(N)=O. The third-order valence-corrected chi connectivity index (χ3v) is 2.86. The first kappa shape index (κ1) is 16.5. The summed E-state index contributed by atoms with van der Waals surface area (Å²) in [6.07, 6.45) is 1.59. The number of carboxylic acids is 1. The molecule has 0 atom stereocenters. The van der Waals surface area contributed by atoms with Gasteiger partial charge in [-0.1, -0.05) is 0 Å². The van der Waals surface area contributed by atoms with Crippen LogP contribution in [-0.2, 0) is 4.79 Å². The van der Waals surface area contributed by atoms with Crippen molar-refractivity contribution in [1.82, 2.24) is 5.32 Å². The van der Waals surface area contributed by atoms with Crippen molar-refractivity contribution in [2.24, 2.45) is 5.73 Å². The van der Waals surface area contributed by atoms with Crippen LogP contribution in [0.15, 0.2) is 18.2 Å². The van der Waals surface area contributed by atoms with Gasteiger partial charge in [0, 0.05) is 18.7 Å². The maximum Gasteiger partial charge on any atom is 0.335 e. The maximum atomic E-state index is 11.7. The Balaban J connectivity index is 2.41. The average molecular weight is 293 g/mol. The lowest BCUT2D eigenvalue weighted by Gasteiger charge is -2.10. The Kier molecular flexibility index (Phi) is 6.19. The highest BCUT2D eigenvalue weighted by Gasteiger charge is 2.08. The first-order valence-electron chi connectivity index (χ1n) is 6.57. The van der Waals surface area contributed by atoms with Gasteiger partial charge in [0.2, 0.25) is 5.91 Å². The molecule has 1 aromatic rings. The van der Waals surface area contributed by atoms with Crippen molar-refractivity contribution in [3.05, 3.63) is 29.3 Å². The predicted molar refractivity (Wildman–Crippen MR) is 78.2 cm³/mol. The normalized spacial score (nSPS) is 9.95. The van der Waals surface area contributed by atoms with E-state index in [1.165, 1.54) is 12.1 Å². The van der Waals surface area contributed by atoms with E-state index in [1.807, 2.05) is 0 Å². The monoisotopic (exact) mass is 293 g/mol. The van der Waals surface area contributed by atoms with E-state index in [0.29, 0.717) is 37.1 Å². The van der Waals surface area contributed by atoms with E-state index in [9.17, 15) is 14.4 Å². The average Bonchev–Trinajstić information content (AvgIpc) is 2.40. The highest BCUT2D eigenvalue weighted by molar-refractivity contribution is 5.92. The van der Waals surface area contributed by atoms with Gasteiger partial charge in [0.05, 0.1) is 5.56 Å². The van der Waals surface area contributed by atoms with Crippen LogP contribution in [0.4, 0.5) is 10.5 Å². The number of nitrogens with one attached hydrogen (secondary N) is 2. The largest absolute Gasteiger partial charge is 0.478 e. The number of carboxylic acid groups (broad SMARTS) is 1. The number of amides is 3. The van der Waals surface area contributed by atoms with Crippen LogP contribution < -0.4 is 16.4 Å². The fourth-order valence-electron chi connectivity index (χ4n) is 1.73. The van der Waals surface area contributed by atoms with E-state index in [-0.39, 0.29) is 17.5 Å². The molecule has 0 spiro atoms. The summed E-state index contributed by atoms with van der Waals surface area (Å²) in [7, 11) is 0. The molecule has 7 nitrogen and oxygen atoms in total. The fraction of sp³-hybridized carbons (Fsp3) is 0.357. The number of carbonyl (C=O) groups excluding carboxylic acids is 2. The maximum absolute atomic E-state index is 11.7. The minimum Gasteiger partial charge on any atom is -0.478 e. The molecular weight excluding hydrogens is 274 g/mol. The number of aromatic carboxylic acids is 1. The molecule has 0 unspecified atom stereocenters. The summed E-state index contributed by atoms with van der Waals surface area (Å²) < 4.78 is 0. The molecule has 1 aromatic carbocycles. The minimum atomic E-state index is -1.01. The number of anilines is 1. The molecular formula is C14H19N3O4. The van der Waals surface area contributed by atoms with Crippen LogP contribution in [0.2, 0.25) is 0 Å². The van der Waals surface area contributed by atoms with Crippen LogP contribution in [0, 0.1) is 6.92 Å². The van der Waals surface area contributed by atoms with Crippen LogP contribution >= 0.6 is 0 Å². The number of hydrogen-bond acceptors (Lipinski definition) is 3. The molecule has 21 heavy (non-hydrogen) atoms. The second kappa shape index (κ2) is 7.88. The first-order chi connectivity index (χ1) is 9.90. The highest BCUT2D eigenvalue weighted by atomic mass is 16.4. The Morgan fingerprint density at radius 1 is 1.24 bits per heavy atom. The van der Waals surface area contributed by atoms with E-state index in [4.69, 9.17) is 10.8 Å². The Hall–Kier alpha value is -2.57. The fourth-order valence-corrected chi connectivity index (χ4v) is 1.73. The van der Waals surface area contributed by atoms with Crippen molar-refractivity contribution >= 4 is 23.6 Å². The summed E-state index contributed by atoms with van der Waals surface area (Å²) in [5.74, 6) is -1.36. The van der Waals surface area contributed by atoms with Gasteiger partial charge in [-0.2, -0.15) is 0 Å². The third kappa shape index (κ3) is 5.94. The molecule has 0 fully saturated rings. The van der Waals surface area contributed by atoms with Crippen LogP contribution in [0.25, 0.3) is 0 Å². The summed E-state index contributed by atoms with van der Waals surface area (Å²) in [5, 5.41) is 14.1. The molecule has 114 valence electrons. The first-order valence-corrected chi connectivity index (χ1v) is 6.57. The zero-order valence-corrected chi connectivity index (χ0v) is 11.8. The summed E-state index contributed by atoms with van der Waals surface area (Å²) in [5.41, 5.74) is 6.39. The molecule has 1 rings (SSSR count). The molecule has 3 amide bonds. The van der Waals surface area contributed by atoms with Gasteiger partial charge < -0.3 is 21.5 Å². The van der Waals surface area contributed by atoms with Crippen molar-refractivity contribution in [1.29, 1.82) is 0 Å². The Labute approximate surface area is 122 Å². The van der Waals surface area contributed by atoms with Crippen molar-refractivity contribution in [2.45, 2.75) is 26.2 Å². The van der Waals surface area contributed by atoms with E-state index < -0.39 is 5.97 Å². The molecule has 0 radical (unpaired) electrons. The molecule has 0 aliphatic carbocycles. The Morgan fingerprint density at radius 3 is 2.52 bits per heavy atom. The van der Waals surface area contributed by atoms with Gasteiger partial charge in [0.1, 0.15) is 0 Å². The number of rotatable bonds is 7. The third-order valence-electron chi connectivity index (χ3n) is 2.86. The summed E-state index contributed by atoms with van der Waals surface area (Å²) in [4.78, 5) is 33.0. The number of hydrogen-bond donors (Lipinski definition) is 4. The van der Waals surface area contributed by atoms with Gasteiger partial charge >= 0.3 is 12.0 Å². The van der Waals surface area contributed by atoms with Crippen molar-refractivity contribution in [3.63, 3.8) is 0 Å². The molecule has 0 aromatic heterocycles. The van der Waals surface area contributed by atoms with Gasteiger partial charge in [0.15, 0.2) is 0 Å². The van der Waals surface area contributed by atoms with Gasteiger partial charge in [-0.25, -0.2) is 9.59 Å². The lowest BCUT2D eigenvalue weighted by atomic mass is 10.1. The van der Waals surface area contributed by atoms with Crippen LogP contribution in [0.1, 0.15) is 35.2 Å². The van der Waals surface area contributed by atoms with Crippen molar-refractivity contribution < 1.29 is 19.5 Å². The topological polar surface area (TPSA) is 122 Å². The number of carbonyl (C=O) groups is 3. The van der Waals surface area contributed by atoms with Gasteiger partial charge in [-0.05, 0) is 43.5 Å². The van der Waals surface area contributed by atoms with Crippen molar-refractivity contribution in [2.75, 3.05) is 11.9 Å². The number of urea groups is 1. The quantitative estimate of drug-likeness (QED) is 0.569. The smallest absolute Gasteiger partial charge is 0.335 e. The number of aryl methyl sites for hydroxylation is 1. The van der Waals surface area contributed by atoms with Crippen molar-refractivity contribution in [3.8, 4) is 0 Å². The number of unbranched alkanes of at least 4 members (excludes halogenated alkanes) is 1. The van der Waals surface area contributed by atoms with Crippen LogP contribution in [0.3, 0.4) is 0 Å². The number of benzene rings is 1. The standard InChI is InChI=1S/C14H19N3O4/c1-9-8-10(13(19)20)5-6-11(9)17-14(21)16-7-3-2-4-12(15)18/h5-6,8H,2-4,7H2,1H3,(H2,15,18)(H,19,20)(H2,16,17,21). The second-order valence-electron chi connectivity index (χ2n) is 4.64. The second-order valence-corrected chi connectivity index (χ2v) is 4.64. The Bertz CT molecular complexity index is 543. The molecule has 0 bridgehead atoms. The minimum absolute atomic E-state index is 0.171. The summed E-state index contributed by atoms with van der Waals surface area (Å²) in [6, 6.07) is 4.09. The molecule has 0 heterocycles. The van der Waals surface area contributed by atoms with Crippen LogP contribution in [0.5, 0.6) is 0 Å². The summed E-state index contributed by atoms with van der Waals surface area (Å²) in [6.45, 7) is 2.15. The zero-order valence-electron chi connectivity index (χ0n) is 11.8. The van der Waals surface area contributed by atoms with E-state index in [0.717, 1.165) is 0 Å². The highest BCUT2D eigenvalue weighted by Crippen LogP contribution is 2.16. The van der Waals surface area contributed by atoms with Crippen LogP contribution in [-0.4, -0.2) is 29.6 Å². The molecule has 0 saturated heterocycles. The molecule has 7 heteroatoms. The molecule has 5 N–H and O–H groups in total. The summed E-state index contributed by atoms with van der Waals surface area (Å²) >= 11 is 0. The van der Waals surface area contributed by atoms with E-state index >= 15 is 0 Å². The molecule has 0 aliphatic rings. The van der Waals surface area contributed by atoms with Gasteiger partial charge in [-0.3, -0.25) is 4.79 Å². The van der Waals surface area contributed by atoms with E-state index in [1.54, 1.807) is 13.0 Å². The molecule has 0 aliphatic heterocycles. The Morgan fingerprint density at radius 2 is 1.95 bits per heavy atom. The molecule has 0 saturated carbocycles. The zero-order chi connectivity index (χ0) is 15.8. The lowest BCUT2D eigenvalue weighted by Crippen LogP contribution is -2.30. The lowest BCUT2D eigenvalue weighted by molar-refractivity contribution is -0.118. The van der Waals surface area contributed by atoms with E-state index in [2.05, 4.69) is 10.6 Å². The van der Waals surface area contributed by atoms with Gasteiger partial charge in [-0.15, -0.1) is 0 Å². The predicted octanol–water partition coefficient (Wildman–Crippen LogP) is 1.47. The number of primary amides is 1. The van der Waals surface area contributed by atoms with Gasteiger partial charge in [0.25, 0.3) is 0 Å². The number of nitrogens with two attached hydrogens (primary N) is 1.